The van der Waals surface area contributed by atoms with Gasteiger partial charge in [0.15, 0.2) is 5.78 Å². The first-order chi connectivity index (χ1) is 9.65. The number of aromatic nitrogens is 1. The molecule has 0 aliphatic rings. The first-order valence-electron chi connectivity index (χ1n) is 6.60. The summed E-state index contributed by atoms with van der Waals surface area (Å²) in [6, 6.07) is 13.8. The zero-order valence-electron chi connectivity index (χ0n) is 11.6. The van der Waals surface area contributed by atoms with Crippen molar-refractivity contribution >= 4 is 27.5 Å². The standard InChI is InChI=1S/C17H16N2O/c1-19(2)11-17(20)12-7-8-16-15(9-12)14-6-4-3-5-13(14)10-18-16/h3-10H,11H2,1-2H3. The van der Waals surface area contributed by atoms with Crippen molar-refractivity contribution in [1.82, 2.24) is 9.88 Å². The van der Waals surface area contributed by atoms with Gasteiger partial charge in [0, 0.05) is 22.5 Å². The number of hydrogen-bond acceptors (Lipinski definition) is 3. The highest BCUT2D eigenvalue weighted by molar-refractivity contribution is 6.09. The summed E-state index contributed by atoms with van der Waals surface area (Å²) in [5.74, 6) is 0.129. The Morgan fingerprint density at radius 3 is 2.70 bits per heavy atom. The lowest BCUT2D eigenvalue weighted by Crippen LogP contribution is -2.21. The van der Waals surface area contributed by atoms with Crippen molar-refractivity contribution in [2.24, 2.45) is 0 Å². The van der Waals surface area contributed by atoms with Gasteiger partial charge in [0.1, 0.15) is 0 Å². The molecule has 1 aromatic heterocycles. The lowest BCUT2D eigenvalue weighted by atomic mass is 10.0. The molecular weight excluding hydrogens is 248 g/mol. The smallest absolute Gasteiger partial charge is 0.176 e. The van der Waals surface area contributed by atoms with E-state index in [0.717, 1.165) is 27.2 Å². The van der Waals surface area contributed by atoms with Gasteiger partial charge in [0.05, 0.1) is 12.1 Å². The highest BCUT2D eigenvalue weighted by Crippen LogP contribution is 2.24. The lowest BCUT2D eigenvalue weighted by molar-refractivity contribution is 0.0958. The average Bonchev–Trinajstić information content (AvgIpc) is 2.46. The zero-order valence-corrected chi connectivity index (χ0v) is 11.6. The van der Waals surface area contributed by atoms with E-state index in [0.29, 0.717) is 6.54 Å². The van der Waals surface area contributed by atoms with Crippen LogP contribution in [0.15, 0.2) is 48.7 Å². The van der Waals surface area contributed by atoms with E-state index in [1.165, 1.54) is 0 Å². The number of Topliss-reactive ketones (excluding diaryl/α,β-unsaturated/α-hetero) is 1. The molecule has 0 aliphatic heterocycles. The van der Waals surface area contributed by atoms with Crippen LogP contribution in [-0.4, -0.2) is 36.3 Å². The highest BCUT2D eigenvalue weighted by Gasteiger charge is 2.09. The summed E-state index contributed by atoms with van der Waals surface area (Å²) in [6.07, 6.45) is 1.87. The SMILES string of the molecule is CN(C)CC(=O)c1ccc2ncc3ccccc3c2c1. The molecule has 0 radical (unpaired) electrons. The highest BCUT2D eigenvalue weighted by atomic mass is 16.1. The van der Waals surface area contributed by atoms with Crippen LogP contribution in [0.1, 0.15) is 10.4 Å². The predicted octanol–water partition coefficient (Wildman–Crippen LogP) is 3.13. The van der Waals surface area contributed by atoms with Gasteiger partial charge >= 0.3 is 0 Å². The summed E-state index contributed by atoms with van der Waals surface area (Å²) in [5.41, 5.74) is 1.66. The molecule has 0 fully saturated rings. The molecule has 2 aromatic carbocycles. The maximum absolute atomic E-state index is 12.2. The van der Waals surface area contributed by atoms with E-state index in [4.69, 9.17) is 0 Å². The molecule has 0 amide bonds. The van der Waals surface area contributed by atoms with Crippen molar-refractivity contribution in [3.63, 3.8) is 0 Å². The van der Waals surface area contributed by atoms with Crippen LogP contribution in [0, 0.1) is 0 Å². The number of hydrogen-bond donors (Lipinski definition) is 0. The molecule has 100 valence electrons. The Bertz CT molecular complexity index is 793. The first-order valence-corrected chi connectivity index (χ1v) is 6.60. The van der Waals surface area contributed by atoms with Crippen molar-refractivity contribution in [3.05, 3.63) is 54.2 Å². The third-order valence-corrected chi connectivity index (χ3v) is 3.37. The van der Waals surface area contributed by atoms with E-state index < -0.39 is 0 Å². The fourth-order valence-electron chi connectivity index (χ4n) is 2.41. The minimum absolute atomic E-state index is 0.129. The average molecular weight is 264 g/mol. The number of rotatable bonds is 3. The quantitative estimate of drug-likeness (QED) is 0.538. The van der Waals surface area contributed by atoms with E-state index >= 15 is 0 Å². The number of carbonyl (C=O) groups is 1. The monoisotopic (exact) mass is 264 g/mol. The van der Waals surface area contributed by atoms with Crippen LogP contribution >= 0.6 is 0 Å². The molecule has 0 atom stereocenters. The van der Waals surface area contributed by atoms with Gasteiger partial charge in [-0.25, -0.2) is 0 Å². The summed E-state index contributed by atoms with van der Waals surface area (Å²) < 4.78 is 0. The van der Waals surface area contributed by atoms with E-state index in [1.807, 2.05) is 61.6 Å². The number of nitrogens with zero attached hydrogens (tertiary/aromatic N) is 2. The molecule has 3 rings (SSSR count). The van der Waals surface area contributed by atoms with Crippen molar-refractivity contribution in [2.45, 2.75) is 0 Å². The number of carbonyl (C=O) groups excluding carboxylic acids is 1. The van der Waals surface area contributed by atoms with E-state index in [-0.39, 0.29) is 5.78 Å². The Morgan fingerprint density at radius 2 is 1.90 bits per heavy atom. The maximum Gasteiger partial charge on any atom is 0.176 e. The second-order valence-electron chi connectivity index (χ2n) is 5.24. The normalized spacial score (nSPS) is 11.3. The summed E-state index contributed by atoms with van der Waals surface area (Å²) in [6.45, 7) is 0.420. The Balaban J connectivity index is 2.18. The minimum atomic E-state index is 0.129. The Labute approximate surface area is 117 Å². The predicted molar refractivity (Wildman–Crippen MR) is 82.1 cm³/mol. The van der Waals surface area contributed by atoms with Crippen molar-refractivity contribution in [2.75, 3.05) is 20.6 Å². The molecule has 0 unspecified atom stereocenters. The fraction of sp³-hybridized carbons (Fsp3) is 0.176. The second-order valence-corrected chi connectivity index (χ2v) is 5.24. The summed E-state index contributed by atoms with van der Waals surface area (Å²) in [4.78, 5) is 18.5. The van der Waals surface area contributed by atoms with Crippen LogP contribution in [0.5, 0.6) is 0 Å². The Kier molecular flexibility index (Phi) is 3.20. The number of benzene rings is 2. The molecule has 0 bridgehead atoms. The van der Waals surface area contributed by atoms with Crippen LogP contribution in [0.2, 0.25) is 0 Å². The van der Waals surface area contributed by atoms with Crippen LogP contribution in [-0.2, 0) is 0 Å². The topological polar surface area (TPSA) is 33.2 Å². The second kappa shape index (κ2) is 5.02. The van der Waals surface area contributed by atoms with Gasteiger partial charge in [-0.05, 0) is 37.7 Å². The van der Waals surface area contributed by atoms with Crippen molar-refractivity contribution in [1.29, 1.82) is 0 Å². The molecule has 3 aromatic rings. The molecule has 1 heterocycles. The third-order valence-electron chi connectivity index (χ3n) is 3.37. The Hall–Kier alpha value is -2.26. The van der Waals surface area contributed by atoms with Gasteiger partial charge in [0.25, 0.3) is 0 Å². The summed E-state index contributed by atoms with van der Waals surface area (Å²) >= 11 is 0. The minimum Gasteiger partial charge on any atom is -0.302 e. The zero-order chi connectivity index (χ0) is 14.1. The molecule has 0 saturated carbocycles. The third kappa shape index (κ3) is 2.28. The first kappa shape index (κ1) is 12.8. The van der Waals surface area contributed by atoms with Crippen LogP contribution in [0.25, 0.3) is 21.7 Å². The van der Waals surface area contributed by atoms with Crippen molar-refractivity contribution in [3.8, 4) is 0 Å². The van der Waals surface area contributed by atoms with Gasteiger partial charge in [0.2, 0.25) is 0 Å². The van der Waals surface area contributed by atoms with Crippen LogP contribution in [0.3, 0.4) is 0 Å². The van der Waals surface area contributed by atoms with Gasteiger partial charge in [-0.1, -0.05) is 24.3 Å². The van der Waals surface area contributed by atoms with Gasteiger partial charge < -0.3 is 4.90 Å². The lowest BCUT2D eigenvalue weighted by Gasteiger charge is -2.09. The number of pyridine rings is 1. The largest absolute Gasteiger partial charge is 0.302 e. The van der Waals surface area contributed by atoms with Gasteiger partial charge in [-0.2, -0.15) is 0 Å². The fourth-order valence-corrected chi connectivity index (χ4v) is 2.41. The molecule has 0 saturated heterocycles. The van der Waals surface area contributed by atoms with Crippen LogP contribution in [0.4, 0.5) is 0 Å². The van der Waals surface area contributed by atoms with Crippen molar-refractivity contribution < 1.29 is 4.79 Å². The number of fused-ring (bicyclic) bond motifs is 3. The van der Waals surface area contributed by atoms with E-state index in [1.54, 1.807) is 0 Å². The van der Waals surface area contributed by atoms with E-state index in [2.05, 4.69) is 11.1 Å². The molecular formula is C17H16N2O. The van der Waals surface area contributed by atoms with Crippen LogP contribution < -0.4 is 0 Å². The van der Waals surface area contributed by atoms with Gasteiger partial charge in [-0.15, -0.1) is 0 Å². The Morgan fingerprint density at radius 1 is 1.10 bits per heavy atom. The maximum atomic E-state index is 12.2. The number of ketones is 1. The molecule has 0 N–H and O–H groups in total. The molecule has 0 aliphatic carbocycles. The van der Waals surface area contributed by atoms with Gasteiger partial charge in [-0.3, -0.25) is 9.78 Å². The van der Waals surface area contributed by atoms with E-state index in [9.17, 15) is 4.79 Å². The molecule has 3 nitrogen and oxygen atoms in total. The molecule has 3 heteroatoms. The summed E-state index contributed by atoms with van der Waals surface area (Å²) in [7, 11) is 3.80. The molecule has 0 spiro atoms. The number of likely N-dealkylation sites (N-methyl/N-ethyl adjacent to an activating group) is 1. The summed E-state index contributed by atoms with van der Waals surface area (Å²) in [5, 5.41) is 3.27. The molecule has 20 heavy (non-hydrogen) atoms.